The minimum absolute atomic E-state index is 0.179. The number of nitrogens with one attached hydrogen (secondary N) is 1. The molecule has 1 fully saturated rings. The normalized spacial score (nSPS) is 13.9. The average molecular weight is 409 g/mol. The minimum Gasteiger partial charge on any atom is -0.507 e. The molecule has 5 heteroatoms. The summed E-state index contributed by atoms with van der Waals surface area (Å²) in [6.07, 6.45) is 8.95. The molecule has 1 aliphatic rings. The highest BCUT2D eigenvalue weighted by Crippen LogP contribution is 2.37. The van der Waals surface area contributed by atoms with Gasteiger partial charge in [0, 0.05) is 5.56 Å². The van der Waals surface area contributed by atoms with Crippen LogP contribution in [0.4, 0.5) is 5.82 Å². The quantitative estimate of drug-likeness (QED) is 0.536. The predicted molar refractivity (Wildman–Crippen MR) is 124 cm³/mol. The Balaban J connectivity index is 0.000000396. The number of phenols is 1. The molecule has 0 saturated carbocycles. The lowest BCUT2D eigenvalue weighted by Gasteiger charge is -2.24. The number of hydrogen-bond donors (Lipinski definition) is 3. The number of aromatic hydroxyl groups is 1. The van der Waals surface area contributed by atoms with Crippen molar-refractivity contribution in [3.05, 3.63) is 41.0 Å². The number of rotatable bonds is 6. The maximum absolute atomic E-state index is 10.2. The van der Waals surface area contributed by atoms with Crippen LogP contribution in [-0.2, 0) is 0 Å². The van der Waals surface area contributed by atoms with Gasteiger partial charge in [-0.05, 0) is 62.0 Å². The molecule has 0 aliphatic carbocycles. The summed E-state index contributed by atoms with van der Waals surface area (Å²) in [4.78, 5) is 4.37. The highest BCUT2D eigenvalue weighted by atomic mass is 16.3. The molecule has 3 rings (SSSR count). The van der Waals surface area contributed by atoms with Gasteiger partial charge in [0.25, 0.3) is 0 Å². The first kappa shape index (κ1) is 23.7. The third-order valence-corrected chi connectivity index (χ3v) is 5.68. The lowest BCUT2D eigenvalue weighted by Crippen LogP contribution is -2.27. The molecule has 0 bridgehead atoms. The van der Waals surface area contributed by atoms with E-state index in [0.29, 0.717) is 22.7 Å². The maximum atomic E-state index is 10.2. The Kier molecular flexibility index (Phi) is 9.63. The molecule has 1 aliphatic heterocycles. The molecule has 4 N–H and O–H groups in total. The number of piperidine rings is 1. The highest BCUT2D eigenvalue weighted by molar-refractivity contribution is 5.74. The fourth-order valence-electron chi connectivity index (χ4n) is 3.95. The van der Waals surface area contributed by atoms with E-state index in [4.69, 9.17) is 5.73 Å². The number of nitriles is 1. The number of nitrogens with two attached hydrogens (primary N) is 1. The van der Waals surface area contributed by atoms with Gasteiger partial charge in [-0.2, -0.15) is 5.26 Å². The molecule has 162 valence electrons. The molecule has 5 nitrogen and oxygen atoms in total. The number of nitrogens with zero attached hydrogens (tertiary/aromatic N) is 2. The van der Waals surface area contributed by atoms with Crippen LogP contribution in [0.1, 0.15) is 81.4 Å². The second-order valence-electron chi connectivity index (χ2n) is 8.02. The van der Waals surface area contributed by atoms with E-state index in [2.05, 4.69) is 30.2 Å². The molecule has 30 heavy (non-hydrogen) atoms. The zero-order valence-corrected chi connectivity index (χ0v) is 18.7. The zero-order valence-electron chi connectivity index (χ0n) is 18.7. The van der Waals surface area contributed by atoms with Crippen molar-refractivity contribution < 1.29 is 5.11 Å². The first-order valence-corrected chi connectivity index (χ1v) is 11.2. The van der Waals surface area contributed by atoms with Crippen molar-refractivity contribution in [1.29, 1.82) is 5.26 Å². The van der Waals surface area contributed by atoms with Crippen molar-refractivity contribution in [3.63, 3.8) is 0 Å². The molecular formula is C25H36N4O. The van der Waals surface area contributed by atoms with E-state index < -0.39 is 0 Å². The SMILES string of the molecule is CCCCCCC.Cc1cccc(O)c1-c1cc(C2CCNCC2)c(C#N)c(N)n1. The van der Waals surface area contributed by atoms with E-state index in [-0.39, 0.29) is 11.6 Å². The molecule has 1 aromatic carbocycles. The highest BCUT2D eigenvalue weighted by Gasteiger charge is 2.22. The van der Waals surface area contributed by atoms with E-state index >= 15 is 0 Å². The van der Waals surface area contributed by atoms with Crippen molar-refractivity contribution in [2.75, 3.05) is 18.8 Å². The molecule has 2 heterocycles. The Morgan fingerprint density at radius 1 is 1.17 bits per heavy atom. The summed E-state index contributed by atoms with van der Waals surface area (Å²) >= 11 is 0. The van der Waals surface area contributed by atoms with Crippen LogP contribution >= 0.6 is 0 Å². The van der Waals surface area contributed by atoms with Crippen molar-refractivity contribution in [3.8, 4) is 23.1 Å². The zero-order chi connectivity index (χ0) is 21.9. The van der Waals surface area contributed by atoms with Crippen LogP contribution in [0.2, 0.25) is 0 Å². The second-order valence-corrected chi connectivity index (χ2v) is 8.02. The van der Waals surface area contributed by atoms with Gasteiger partial charge in [-0.3, -0.25) is 0 Å². The van der Waals surface area contributed by atoms with Crippen LogP contribution in [0.15, 0.2) is 24.3 Å². The molecule has 1 saturated heterocycles. The summed E-state index contributed by atoms with van der Waals surface area (Å²) in [5.74, 6) is 0.708. The molecular weight excluding hydrogens is 372 g/mol. The van der Waals surface area contributed by atoms with Gasteiger partial charge in [0.15, 0.2) is 0 Å². The van der Waals surface area contributed by atoms with Gasteiger partial charge in [-0.25, -0.2) is 4.98 Å². The van der Waals surface area contributed by atoms with Crippen LogP contribution in [-0.4, -0.2) is 23.2 Å². The summed E-state index contributed by atoms with van der Waals surface area (Å²) in [7, 11) is 0. The number of aryl methyl sites for hydroxylation is 1. The Morgan fingerprint density at radius 3 is 2.40 bits per heavy atom. The number of benzene rings is 1. The van der Waals surface area contributed by atoms with E-state index in [0.717, 1.165) is 37.1 Å². The first-order chi connectivity index (χ1) is 14.5. The number of nitrogen functional groups attached to an aromatic ring is 1. The molecule has 0 atom stereocenters. The number of unbranched alkanes of at least 4 members (excludes halogenated alkanes) is 4. The predicted octanol–water partition coefficient (Wildman–Crippen LogP) is 5.66. The summed E-state index contributed by atoms with van der Waals surface area (Å²) in [6, 6.07) is 9.49. The van der Waals surface area contributed by atoms with Crippen molar-refractivity contribution in [2.45, 2.75) is 71.6 Å². The molecule has 0 radical (unpaired) electrons. The average Bonchev–Trinajstić information content (AvgIpc) is 2.75. The summed E-state index contributed by atoms with van der Waals surface area (Å²) in [5, 5.41) is 23.0. The van der Waals surface area contributed by atoms with Crippen LogP contribution in [0.5, 0.6) is 5.75 Å². The Hall–Kier alpha value is -2.58. The summed E-state index contributed by atoms with van der Waals surface area (Å²) < 4.78 is 0. The number of pyridine rings is 1. The number of phenolic OH excluding ortho intramolecular Hbond substituents is 1. The van der Waals surface area contributed by atoms with Gasteiger partial charge in [0.2, 0.25) is 0 Å². The van der Waals surface area contributed by atoms with Crippen LogP contribution in [0.3, 0.4) is 0 Å². The minimum atomic E-state index is 0.179. The second kappa shape index (κ2) is 12.2. The van der Waals surface area contributed by atoms with E-state index in [9.17, 15) is 10.4 Å². The van der Waals surface area contributed by atoms with Gasteiger partial charge in [-0.15, -0.1) is 0 Å². The van der Waals surface area contributed by atoms with Gasteiger partial charge < -0.3 is 16.2 Å². The largest absolute Gasteiger partial charge is 0.507 e. The van der Waals surface area contributed by atoms with Gasteiger partial charge >= 0.3 is 0 Å². The smallest absolute Gasteiger partial charge is 0.142 e. The summed E-state index contributed by atoms with van der Waals surface area (Å²) in [5.41, 5.74) is 9.69. The van der Waals surface area contributed by atoms with Gasteiger partial charge in [0.05, 0.1) is 11.3 Å². The van der Waals surface area contributed by atoms with Gasteiger partial charge in [0.1, 0.15) is 17.6 Å². The first-order valence-electron chi connectivity index (χ1n) is 11.2. The van der Waals surface area contributed by atoms with Crippen molar-refractivity contribution in [1.82, 2.24) is 10.3 Å². The molecule has 0 amide bonds. The van der Waals surface area contributed by atoms with E-state index in [1.54, 1.807) is 12.1 Å². The number of aromatic nitrogens is 1. The summed E-state index contributed by atoms with van der Waals surface area (Å²) in [6.45, 7) is 8.28. The Labute approximate surface area is 181 Å². The van der Waals surface area contributed by atoms with Crippen LogP contribution in [0, 0.1) is 18.3 Å². The monoisotopic (exact) mass is 408 g/mol. The van der Waals surface area contributed by atoms with E-state index in [1.165, 1.54) is 32.1 Å². The topological polar surface area (TPSA) is 95.0 Å². The Bertz CT molecular complexity index is 827. The van der Waals surface area contributed by atoms with Gasteiger partial charge in [-0.1, -0.05) is 58.1 Å². The lowest BCUT2D eigenvalue weighted by atomic mass is 9.86. The molecule has 2 aromatic rings. The van der Waals surface area contributed by atoms with Crippen LogP contribution < -0.4 is 11.1 Å². The molecule has 0 spiro atoms. The molecule has 1 aromatic heterocycles. The number of hydrogen-bond acceptors (Lipinski definition) is 5. The lowest BCUT2D eigenvalue weighted by molar-refractivity contribution is 0.459. The number of anilines is 1. The standard InChI is InChI=1S/C18H20N4O.C7H16/c1-11-3-2-4-16(23)17(11)15-9-13(12-5-7-21-8-6-12)14(10-19)18(20)22-15;1-3-5-7-6-4-2/h2-4,9,12,21,23H,5-8H2,1H3,(H2,20,22);3-7H2,1-2H3. The van der Waals surface area contributed by atoms with Crippen molar-refractivity contribution >= 4 is 5.82 Å². The van der Waals surface area contributed by atoms with Crippen LogP contribution in [0.25, 0.3) is 11.3 Å². The Morgan fingerprint density at radius 2 is 1.83 bits per heavy atom. The van der Waals surface area contributed by atoms with E-state index in [1.807, 2.05) is 19.1 Å². The van der Waals surface area contributed by atoms with Crippen molar-refractivity contribution in [2.24, 2.45) is 0 Å². The maximum Gasteiger partial charge on any atom is 0.142 e. The fourth-order valence-corrected chi connectivity index (χ4v) is 3.95. The third-order valence-electron chi connectivity index (χ3n) is 5.68. The third kappa shape index (κ3) is 6.21. The molecule has 0 unspecified atom stereocenters. The fraction of sp³-hybridized carbons (Fsp3) is 0.520.